The summed E-state index contributed by atoms with van der Waals surface area (Å²) in [4.78, 5) is 1.34. The molecule has 2 heterocycles. The molecule has 1 saturated carbocycles. The summed E-state index contributed by atoms with van der Waals surface area (Å²) < 4.78 is 5.85. The van der Waals surface area contributed by atoms with E-state index in [4.69, 9.17) is 4.42 Å². The quantitative estimate of drug-likeness (QED) is 0.831. The van der Waals surface area contributed by atoms with E-state index in [0.717, 1.165) is 43.6 Å². The monoisotopic (exact) mass is 301 g/mol. The van der Waals surface area contributed by atoms with Crippen molar-refractivity contribution in [2.24, 2.45) is 0 Å². The van der Waals surface area contributed by atoms with Gasteiger partial charge < -0.3 is 9.73 Å². The van der Waals surface area contributed by atoms with Crippen molar-refractivity contribution in [2.45, 2.75) is 48.3 Å². The molecular weight excluding hydrogens is 282 g/mol. The highest BCUT2D eigenvalue weighted by Gasteiger charge is 2.27. The van der Waals surface area contributed by atoms with Gasteiger partial charge >= 0.3 is 0 Å². The zero-order chi connectivity index (χ0) is 14.1. The predicted molar refractivity (Wildman–Crippen MR) is 82.4 cm³/mol. The van der Waals surface area contributed by atoms with Crippen LogP contribution in [0.15, 0.2) is 33.6 Å². The van der Waals surface area contributed by atoms with Crippen molar-refractivity contribution in [2.75, 3.05) is 6.54 Å². The first-order valence-corrected chi connectivity index (χ1v) is 8.57. The molecule has 1 N–H and O–H groups in total. The number of rotatable bonds is 6. The maximum Gasteiger partial charge on any atom is 0.230 e. The van der Waals surface area contributed by atoms with Gasteiger partial charge in [0.05, 0.1) is 5.25 Å². The third-order valence-corrected chi connectivity index (χ3v) is 5.29. The summed E-state index contributed by atoms with van der Waals surface area (Å²) in [5.41, 5.74) is 1.39. The van der Waals surface area contributed by atoms with E-state index in [1.54, 1.807) is 0 Å². The minimum atomic E-state index is 0.285. The van der Waals surface area contributed by atoms with Crippen molar-refractivity contribution in [3.8, 4) is 0 Å². The molecule has 1 fully saturated rings. The molecule has 4 nitrogen and oxygen atoms in total. The van der Waals surface area contributed by atoms with Crippen LogP contribution < -0.4 is 5.32 Å². The number of fused-ring (bicyclic) bond motifs is 1. The molecule has 21 heavy (non-hydrogen) atoms. The van der Waals surface area contributed by atoms with E-state index < -0.39 is 0 Å². The van der Waals surface area contributed by atoms with E-state index in [1.165, 1.54) is 23.3 Å². The summed E-state index contributed by atoms with van der Waals surface area (Å²) in [6.45, 7) is 1.05. The molecule has 2 aliphatic rings. The highest BCUT2D eigenvalue weighted by Crippen LogP contribution is 2.45. The molecule has 2 aromatic rings. The van der Waals surface area contributed by atoms with Crippen molar-refractivity contribution < 1.29 is 4.42 Å². The van der Waals surface area contributed by atoms with Gasteiger partial charge in [-0.1, -0.05) is 18.2 Å². The molecule has 0 bridgehead atoms. The van der Waals surface area contributed by atoms with Crippen LogP contribution in [0.4, 0.5) is 0 Å². The molecule has 5 heteroatoms. The third kappa shape index (κ3) is 3.14. The molecule has 1 unspecified atom stereocenters. The van der Waals surface area contributed by atoms with E-state index in [0.29, 0.717) is 0 Å². The zero-order valence-electron chi connectivity index (χ0n) is 11.9. The largest absolute Gasteiger partial charge is 0.424 e. The molecule has 0 amide bonds. The number of benzene rings is 1. The number of aromatic nitrogens is 2. The lowest BCUT2D eigenvalue weighted by atomic mass is 10.1. The Labute approximate surface area is 128 Å². The van der Waals surface area contributed by atoms with Crippen molar-refractivity contribution in [1.29, 1.82) is 0 Å². The predicted octanol–water partition coefficient (Wildman–Crippen LogP) is 3.14. The van der Waals surface area contributed by atoms with Gasteiger partial charge in [-0.2, -0.15) is 0 Å². The second kappa shape index (κ2) is 5.81. The zero-order valence-corrected chi connectivity index (χ0v) is 12.7. The van der Waals surface area contributed by atoms with Crippen LogP contribution in [0.1, 0.15) is 41.9 Å². The average Bonchev–Trinajstić information content (AvgIpc) is 3.04. The normalized spacial score (nSPS) is 20.7. The SMILES string of the molecule is c1ccc2c(c1)CC(c1nnc(CCCNC3CC3)o1)S2. The molecular formula is C16H19N3OS. The van der Waals surface area contributed by atoms with E-state index >= 15 is 0 Å². The molecule has 1 atom stereocenters. The van der Waals surface area contributed by atoms with Gasteiger partial charge in [0.15, 0.2) is 0 Å². The number of nitrogens with one attached hydrogen (secondary N) is 1. The highest BCUT2D eigenvalue weighted by atomic mass is 32.2. The fourth-order valence-electron chi connectivity index (χ4n) is 2.65. The lowest BCUT2D eigenvalue weighted by molar-refractivity contribution is 0.439. The van der Waals surface area contributed by atoms with Crippen molar-refractivity contribution >= 4 is 11.8 Å². The van der Waals surface area contributed by atoms with E-state index in [1.807, 2.05) is 11.8 Å². The molecule has 1 aromatic heterocycles. The van der Waals surface area contributed by atoms with E-state index in [-0.39, 0.29) is 5.25 Å². The molecule has 1 aliphatic heterocycles. The van der Waals surface area contributed by atoms with Gasteiger partial charge in [0.25, 0.3) is 0 Å². The van der Waals surface area contributed by atoms with Gasteiger partial charge in [-0.25, -0.2) is 0 Å². The molecule has 4 rings (SSSR count). The van der Waals surface area contributed by atoms with Gasteiger partial charge in [-0.05, 0) is 43.9 Å². The lowest BCUT2D eigenvalue weighted by Crippen LogP contribution is -2.17. The fraction of sp³-hybridized carbons (Fsp3) is 0.500. The Kier molecular flexibility index (Phi) is 3.69. The molecule has 0 radical (unpaired) electrons. The summed E-state index contributed by atoms with van der Waals surface area (Å²) in [6, 6.07) is 9.30. The average molecular weight is 301 g/mol. The van der Waals surface area contributed by atoms with Crippen LogP contribution in [0.3, 0.4) is 0 Å². The Balaban J connectivity index is 1.32. The number of thioether (sulfide) groups is 1. The number of hydrogen-bond acceptors (Lipinski definition) is 5. The summed E-state index contributed by atoms with van der Waals surface area (Å²) in [5.74, 6) is 1.56. The fourth-order valence-corrected chi connectivity index (χ4v) is 3.88. The first-order chi connectivity index (χ1) is 10.4. The van der Waals surface area contributed by atoms with Crippen LogP contribution in [0.5, 0.6) is 0 Å². The van der Waals surface area contributed by atoms with Crippen LogP contribution in [-0.2, 0) is 12.8 Å². The summed E-state index contributed by atoms with van der Waals surface area (Å²) >= 11 is 1.83. The molecule has 1 aromatic carbocycles. The number of hydrogen-bond donors (Lipinski definition) is 1. The third-order valence-electron chi connectivity index (χ3n) is 3.98. The standard InChI is InChI=1S/C16H19N3OS/c1-2-5-13-11(4-1)10-14(21-13)16-19-18-15(20-16)6-3-9-17-12-7-8-12/h1-2,4-5,12,14,17H,3,6-10H2. The summed E-state index contributed by atoms with van der Waals surface area (Å²) in [5, 5.41) is 12.2. The smallest absolute Gasteiger partial charge is 0.230 e. The molecule has 1 aliphatic carbocycles. The van der Waals surface area contributed by atoms with Crippen LogP contribution in [0.2, 0.25) is 0 Å². The summed E-state index contributed by atoms with van der Waals surface area (Å²) in [7, 11) is 0. The maximum absolute atomic E-state index is 5.85. The Morgan fingerprint density at radius 1 is 1.24 bits per heavy atom. The van der Waals surface area contributed by atoms with E-state index in [2.05, 4.69) is 39.8 Å². The van der Waals surface area contributed by atoms with Crippen molar-refractivity contribution in [3.63, 3.8) is 0 Å². The minimum Gasteiger partial charge on any atom is -0.424 e. The maximum atomic E-state index is 5.85. The minimum absolute atomic E-state index is 0.285. The van der Waals surface area contributed by atoms with Gasteiger partial charge in [0.1, 0.15) is 0 Å². The Bertz CT molecular complexity index is 598. The first-order valence-electron chi connectivity index (χ1n) is 7.69. The molecule has 0 saturated heterocycles. The number of aryl methyl sites for hydroxylation is 1. The Hall–Kier alpha value is -1.33. The molecule has 110 valence electrons. The number of nitrogens with zero attached hydrogens (tertiary/aromatic N) is 2. The van der Waals surface area contributed by atoms with E-state index in [9.17, 15) is 0 Å². The summed E-state index contributed by atoms with van der Waals surface area (Å²) in [6.07, 6.45) is 5.60. The van der Waals surface area contributed by atoms with Crippen LogP contribution in [0.25, 0.3) is 0 Å². The van der Waals surface area contributed by atoms with Crippen LogP contribution in [-0.4, -0.2) is 22.8 Å². The van der Waals surface area contributed by atoms with Crippen LogP contribution in [0, 0.1) is 0 Å². The van der Waals surface area contributed by atoms with Crippen LogP contribution >= 0.6 is 11.8 Å². The first kappa shape index (κ1) is 13.3. The lowest BCUT2D eigenvalue weighted by Gasteiger charge is -2.01. The highest BCUT2D eigenvalue weighted by molar-refractivity contribution is 7.99. The second-order valence-corrected chi connectivity index (χ2v) is 7.03. The topological polar surface area (TPSA) is 51.0 Å². The van der Waals surface area contributed by atoms with Gasteiger partial charge in [0.2, 0.25) is 11.8 Å². The van der Waals surface area contributed by atoms with Gasteiger partial charge in [-0.15, -0.1) is 22.0 Å². The molecule has 0 spiro atoms. The van der Waals surface area contributed by atoms with Gasteiger partial charge in [-0.3, -0.25) is 0 Å². The van der Waals surface area contributed by atoms with Gasteiger partial charge in [0, 0.05) is 17.4 Å². The van der Waals surface area contributed by atoms with Crippen molar-refractivity contribution in [1.82, 2.24) is 15.5 Å². The Morgan fingerprint density at radius 2 is 2.14 bits per heavy atom. The Morgan fingerprint density at radius 3 is 3.00 bits per heavy atom. The second-order valence-electron chi connectivity index (χ2n) is 5.78. The van der Waals surface area contributed by atoms with Crippen molar-refractivity contribution in [3.05, 3.63) is 41.6 Å².